The molecule has 1 aliphatic rings. The summed E-state index contributed by atoms with van der Waals surface area (Å²) in [5.74, 6) is 0.830. The summed E-state index contributed by atoms with van der Waals surface area (Å²) in [4.78, 5) is 13.6. The van der Waals surface area contributed by atoms with Crippen molar-refractivity contribution >= 4 is 15.9 Å². The first-order valence-electron chi connectivity index (χ1n) is 7.74. The second-order valence-corrected chi connectivity index (χ2v) is 8.20. The minimum absolute atomic E-state index is 0.175. The Bertz CT molecular complexity index is 628. The number of nitrogens with zero attached hydrogens (tertiary/aromatic N) is 1. The van der Waals surface area contributed by atoms with E-state index in [1.54, 1.807) is 12.0 Å². The van der Waals surface area contributed by atoms with Crippen molar-refractivity contribution in [2.45, 2.75) is 24.5 Å². The summed E-state index contributed by atoms with van der Waals surface area (Å²) < 4.78 is 28.1. The normalized spacial score (nSPS) is 18.0. The molecule has 0 unspecified atom stereocenters. The van der Waals surface area contributed by atoms with Crippen LogP contribution in [0.5, 0.6) is 5.75 Å². The van der Waals surface area contributed by atoms with E-state index in [0.717, 1.165) is 18.6 Å². The van der Waals surface area contributed by atoms with E-state index in [1.807, 2.05) is 24.3 Å². The van der Waals surface area contributed by atoms with E-state index >= 15 is 0 Å². The number of hydrogen-bond donors (Lipinski definition) is 1. The highest BCUT2D eigenvalue weighted by Gasteiger charge is 2.32. The first-order chi connectivity index (χ1) is 10.9. The SMILES string of the molecule is COc1ccc(CCCNC(=O)N2CC[C@@H](S(C)(=O)=O)C2)cc1. The van der Waals surface area contributed by atoms with Gasteiger partial charge in [0.1, 0.15) is 5.75 Å². The molecule has 1 saturated heterocycles. The summed E-state index contributed by atoms with van der Waals surface area (Å²) in [6.07, 6.45) is 3.46. The molecule has 2 rings (SSSR count). The van der Waals surface area contributed by atoms with E-state index in [1.165, 1.54) is 11.8 Å². The Labute approximate surface area is 137 Å². The summed E-state index contributed by atoms with van der Waals surface area (Å²) in [7, 11) is -1.43. The van der Waals surface area contributed by atoms with Crippen molar-refractivity contribution in [3.63, 3.8) is 0 Å². The minimum atomic E-state index is -3.07. The van der Waals surface area contributed by atoms with Gasteiger partial charge in [0.15, 0.2) is 9.84 Å². The predicted molar refractivity (Wildman–Crippen MR) is 89.5 cm³/mol. The molecule has 0 spiro atoms. The predicted octanol–water partition coefficient (Wildman–Crippen LogP) is 1.46. The van der Waals surface area contributed by atoms with E-state index in [-0.39, 0.29) is 6.03 Å². The molecule has 128 valence electrons. The highest BCUT2D eigenvalue weighted by Crippen LogP contribution is 2.16. The molecule has 1 aromatic carbocycles. The third-order valence-corrected chi connectivity index (χ3v) is 5.71. The number of hydrogen-bond acceptors (Lipinski definition) is 4. The Morgan fingerprint density at radius 3 is 2.61 bits per heavy atom. The van der Waals surface area contributed by atoms with Crippen molar-refractivity contribution in [3.8, 4) is 5.75 Å². The van der Waals surface area contributed by atoms with E-state index in [4.69, 9.17) is 4.74 Å². The standard InChI is InChI=1S/C16H24N2O4S/c1-22-14-7-5-13(6-8-14)4-3-10-17-16(19)18-11-9-15(12-18)23(2,20)21/h5-8,15H,3-4,9-12H2,1-2H3,(H,17,19)/t15-/m1/s1. The molecule has 7 heteroatoms. The van der Waals surface area contributed by atoms with E-state index in [2.05, 4.69) is 5.32 Å². The molecular weight excluding hydrogens is 316 g/mol. The maximum Gasteiger partial charge on any atom is 0.317 e. The molecule has 1 fully saturated rings. The summed E-state index contributed by atoms with van der Waals surface area (Å²) in [6.45, 7) is 1.37. The average Bonchev–Trinajstić information content (AvgIpc) is 3.02. The maximum atomic E-state index is 12.0. The number of sulfone groups is 1. The van der Waals surface area contributed by atoms with Crippen molar-refractivity contribution in [2.24, 2.45) is 0 Å². The van der Waals surface area contributed by atoms with Crippen molar-refractivity contribution < 1.29 is 17.9 Å². The first-order valence-corrected chi connectivity index (χ1v) is 9.70. The summed E-state index contributed by atoms with van der Waals surface area (Å²) >= 11 is 0. The van der Waals surface area contributed by atoms with Crippen LogP contribution in [0.25, 0.3) is 0 Å². The first kappa shape index (κ1) is 17.6. The van der Waals surface area contributed by atoms with Gasteiger partial charge >= 0.3 is 6.03 Å². The number of ether oxygens (including phenoxy) is 1. The fraction of sp³-hybridized carbons (Fsp3) is 0.562. The third kappa shape index (κ3) is 5.13. The van der Waals surface area contributed by atoms with Crippen LogP contribution in [0.3, 0.4) is 0 Å². The number of nitrogens with one attached hydrogen (secondary N) is 1. The van der Waals surface area contributed by atoms with Crippen LogP contribution in [-0.4, -0.2) is 57.6 Å². The third-order valence-electron chi connectivity index (χ3n) is 4.12. The maximum absolute atomic E-state index is 12.0. The van der Waals surface area contributed by atoms with Crippen molar-refractivity contribution in [1.29, 1.82) is 0 Å². The minimum Gasteiger partial charge on any atom is -0.497 e. The Morgan fingerprint density at radius 2 is 2.04 bits per heavy atom. The summed E-state index contributed by atoms with van der Waals surface area (Å²) in [6, 6.07) is 7.69. The zero-order valence-corrected chi connectivity index (χ0v) is 14.4. The van der Waals surface area contributed by atoms with Gasteiger partial charge in [-0.2, -0.15) is 0 Å². The van der Waals surface area contributed by atoms with Gasteiger partial charge in [0.05, 0.1) is 12.4 Å². The van der Waals surface area contributed by atoms with Gasteiger partial charge in [-0.15, -0.1) is 0 Å². The summed E-state index contributed by atoms with van der Waals surface area (Å²) in [5, 5.41) is 2.43. The van der Waals surface area contributed by atoms with E-state index in [0.29, 0.717) is 26.1 Å². The van der Waals surface area contributed by atoms with Crippen LogP contribution in [0.15, 0.2) is 24.3 Å². The number of carbonyl (C=O) groups is 1. The fourth-order valence-electron chi connectivity index (χ4n) is 2.65. The number of amides is 2. The molecule has 1 aliphatic heterocycles. The highest BCUT2D eigenvalue weighted by atomic mass is 32.2. The number of carbonyl (C=O) groups excluding carboxylic acids is 1. The van der Waals surface area contributed by atoms with Crippen molar-refractivity contribution in [1.82, 2.24) is 10.2 Å². The number of rotatable bonds is 6. The number of aryl methyl sites for hydroxylation is 1. The molecule has 2 amide bonds. The summed E-state index contributed by atoms with van der Waals surface area (Å²) in [5.41, 5.74) is 1.19. The molecule has 1 aromatic rings. The average molecular weight is 340 g/mol. The highest BCUT2D eigenvalue weighted by molar-refractivity contribution is 7.91. The van der Waals surface area contributed by atoms with Crippen molar-refractivity contribution in [2.75, 3.05) is 33.0 Å². The van der Waals surface area contributed by atoms with Crippen LogP contribution in [0.2, 0.25) is 0 Å². The second kappa shape index (κ2) is 7.68. The van der Waals surface area contributed by atoms with Crippen molar-refractivity contribution in [3.05, 3.63) is 29.8 Å². The van der Waals surface area contributed by atoms with E-state index < -0.39 is 15.1 Å². The molecular formula is C16H24N2O4S. The second-order valence-electron chi connectivity index (χ2n) is 5.87. The molecule has 0 radical (unpaired) electrons. The largest absolute Gasteiger partial charge is 0.497 e. The van der Waals surface area contributed by atoms with Gasteiger partial charge in [-0.05, 0) is 37.0 Å². The number of urea groups is 1. The van der Waals surface area contributed by atoms with E-state index in [9.17, 15) is 13.2 Å². The van der Waals surface area contributed by atoms with Crippen LogP contribution in [-0.2, 0) is 16.3 Å². The van der Waals surface area contributed by atoms with Crippen LogP contribution in [0.1, 0.15) is 18.4 Å². The Kier molecular flexibility index (Phi) is 5.87. The van der Waals surface area contributed by atoms with Crippen LogP contribution in [0, 0.1) is 0 Å². The van der Waals surface area contributed by atoms with Gasteiger partial charge in [0.2, 0.25) is 0 Å². The van der Waals surface area contributed by atoms with Gasteiger partial charge in [-0.3, -0.25) is 0 Å². The van der Waals surface area contributed by atoms with Crippen LogP contribution < -0.4 is 10.1 Å². The number of benzene rings is 1. The molecule has 0 aliphatic carbocycles. The molecule has 6 nitrogen and oxygen atoms in total. The molecule has 1 heterocycles. The Morgan fingerprint density at radius 1 is 1.35 bits per heavy atom. The quantitative estimate of drug-likeness (QED) is 0.796. The van der Waals surface area contributed by atoms with Crippen LogP contribution >= 0.6 is 0 Å². The monoisotopic (exact) mass is 340 g/mol. The zero-order chi connectivity index (χ0) is 16.9. The van der Waals surface area contributed by atoms with Gasteiger partial charge < -0.3 is 15.0 Å². The topological polar surface area (TPSA) is 75.7 Å². The molecule has 23 heavy (non-hydrogen) atoms. The molecule has 0 bridgehead atoms. The zero-order valence-electron chi connectivity index (χ0n) is 13.6. The smallest absolute Gasteiger partial charge is 0.317 e. The molecule has 1 N–H and O–H groups in total. The lowest BCUT2D eigenvalue weighted by Crippen LogP contribution is -2.40. The molecule has 0 aromatic heterocycles. The number of methoxy groups -OCH3 is 1. The van der Waals surface area contributed by atoms with Gasteiger partial charge in [-0.1, -0.05) is 12.1 Å². The lowest BCUT2D eigenvalue weighted by Gasteiger charge is -2.17. The van der Waals surface area contributed by atoms with Crippen LogP contribution in [0.4, 0.5) is 4.79 Å². The van der Waals surface area contributed by atoms with Gasteiger partial charge in [0.25, 0.3) is 0 Å². The fourth-order valence-corrected chi connectivity index (χ4v) is 3.64. The van der Waals surface area contributed by atoms with Gasteiger partial charge in [0, 0.05) is 25.9 Å². The lowest BCUT2D eigenvalue weighted by atomic mass is 10.1. The molecule has 1 atom stereocenters. The lowest BCUT2D eigenvalue weighted by molar-refractivity contribution is 0.209. The van der Waals surface area contributed by atoms with Gasteiger partial charge in [-0.25, -0.2) is 13.2 Å². The Balaban J connectivity index is 1.69. The Hall–Kier alpha value is -1.76. The molecule has 0 saturated carbocycles. The number of likely N-dealkylation sites (tertiary alicyclic amines) is 1.